The molecule has 0 aliphatic heterocycles. The van der Waals surface area contributed by atoms with E-state index in [1.54, 1.807) is 6.92 Å². The van der Waals surface area contributed by atoms with E-state index in [1.807, 2.05) is 6.92 Å². The van der Waals surface area contributed by atoms with Crippen LogP contribution in [0.3, 0.4) is 0 Å². The number of aliphatic hydroxyl groups excluding tert-OH is 1. The summed E-state index contributed by atoms with van der Waals surface area (Å²) in [6, 6.07) is 0. The van der Waals surface area contributed by atoms with Crippen molar-refractivity contribution >= 4 is 27.8 Å². The molecule has 0 aliphatic carbocycles. The highest BCUT2D eigenvalue weighted by molar-refractivity contribution is 8.00. The van der Waals surface area contributed by atoms with Gasteiger partial charge in [-0.2, -0.15) is 20.2 Å². The van der Waals surface area contributed by atoms with Crippen molar-refractivity contribution in [3.05, 3.63) is 0 Å². The quantitative estimate of drug-likeness (QED) is 0.485. The van der Waals surface area contributed by atoms with Gasteiger partial charge in [0.15, 0.2) is 0 Å². The maximum Gasteiger partial charge on any atom is 0.302 e. The monoisotopic (exact) mass is 314 g/mol. The van der Waals surface area contributed by atoms with Crippen molar-refractivity contribution in [1.29, 1.82) is 0 Å². The summed E-state index contributed by atoms with van der Waals surface area (Å²) in [5, 5.41) is 8.97. The third-order valence-electron chi connectivity index (χ3n) is 2.26. The highest BCUT2D eigenvalue weighted by atomic mass is 32.2. The molecule has 0 bridgehead atoms. The van der Waals surface area contributed by atoms with Gasteiger partial charge < -0.3 is 9.84 Å². The Morgan fingerprint density at radius 2 is 1.95 bits per heavy atom. The molecule has 3 unspecified atom stereocenters. The second kappa shape index (κ2) is 8.78. The summed E-state index contributed by atoms with van der Waals surface area (Å²) < 4.78 is 35.8. The molecule has 0 saturated heterocycles. The molecule has 0 aromatic heterocycles. The van der Waals surface area contributed by atoms with Crippen LogP contribution in [0.25, 0.3) is 0 Å². The lowest BCUT2D eigenvalue weighted by Crippen LogP contribution is -2.28. The zero-order chi connectivity index (χ0) is 15.1. The lowest BCUT2D eigenvalue weighted by atomic mass is 10.1. The number of hydrogen-bond donors (Lipinski definition) is 2. The second-order valence-corrected chi connectivity index (χ2v) is 7.45. The fourth-order valence-electron chi connectivity index (χ4n) is 1.76. The number of ether oxygens (including phenoxy) is 1. The maximum absolute atomic E-state index is 11.0. The van der Waals surface area contributed by atoms with Gasteiger partial charge in [-0.05, 0) is 19.1 Å². The highest BCUT2D eigenvalue weighted by Gasteiger charge is 2.24. The minimum atomic E-state index is -4.07. The second-order valence-electron chi connectivity index (χ2n) is 4.38. The van der Waals surface area contributed by atoms with Crippen molar-refractivity contribution in [3.8, 4) is 0 Å². The molecule has 0 heterocycles. The SMILES string of the molecule is CCSC(CC(CC(C)O)OC(C)=O)CS(=O)(=O)O. The lowest BCUT2D eigenvalue weighted by molar-refractivity contribution is -0.147. The fourth-order valence-corrected chi connectivity index (χ4v) is 4.08. The van der Waals surface area contributed by atoms with Crippen LogP contribution in [0.1, 0.15) is 33.6 Å². The zero-order valence-electron chi connectivity index (χ0n) is 11.4. The minimum absolute atomic E-state index is 0.242. The maximum atomic E-state index is 11.0. The molecular weight excluding hydrogens is 292 g/mol. The van der Waals surface area contributed by atoms with Gasteiger partial charge >= 0.3 is 5.97 Å². The van der Waals surface area contributed by atoms with Crippen LogP contribution in [0.5, 0.6) is 0 Å². The van der Waals surface area contributed by atoms with E-state index in [0.29, 0.717) is 5.75 Å². The molecule has 19 heavy (non-hydrogen) atoms. The van der Waals surface area contributed by atoms with E-state index >= 15 is 0 Å². The minimum Gasteiger partial charge on any atom is -0.462 e. The first-order chi connectivity index (χ1) is 8.64. The lowest BCUT2D eigenvalue weighted by Gasteiger charge is -2.23. The average Bonchev–Trinajstić information content (AvgIpc) is 2.12. The average molecular weight is 314 g/mol. The standard InChI is InChI=1S/C11H22O6S2/c1-4-18-11(7-19(14,15)16)6-10(5-8(2)12)17-9(3)13/h8,10-12H,4-7H2,1-3H3,(H,14,15,16). The third kappa shape index (κ3) is 11.2. The molecule has 6 nitrogen and oxygen atoms in total. The van der Waals surface area contributed by atoms with Crippen molar-refractivity contribution in [3.63, 3.8) is 0 Å². The Morgan fingerprint density at radius 3 is 2.32 bits per heavy atom. The number of thioether (sulfide) groups is 1. The van der Waals surface area contributed by atoms with E-state index < -0.39 is 28.3 Å². The summed E-state index contributed by atoms with van der Waals surface area (Å²) >= 11 is 1.37. The summed E-state index contributed by atoms with van der Waals surface area (Å²) in [4.78, 5) is 11.0. The first-order valence-electron chi connectivity index (χ1n) is 6.06. The Balaban J connectivity index is 4.66. The first kappa shape index (κ1) is 18.7. The van der Waals surface area contributed by atoms with Crippen LogP contribution >= 0.6 is 11.8 Å². The molecule has 0 saturated carbocycles. The molecule has 3 atom stereocenters. The third-order valence-corrected chi connectivity index (χ3v) is 4.46. The molecule has 8 heteroatoms. The first-order valence-corrected chi connectivity index (χ1v) is 8.71. The van der Waals surface area contributed by atoms with Crippen LogP contribution in [0.15, 0.2) is 0 Å². The number of rotatable bonds is 9. The highest BCUT2D eigenvalue weighted by Crippen LogP contribution is 2.21. The normalized spacial score (nSPS) is 16.7. The summed E-state index contributed by atoms with van der Waals surface area (Å²) in [6.45, 7) is 4.71. The number of carbonyl (C=O) groups is 1. The molecule has 0 amide bonds. The Labute approximate surface area is 118 Å². The van der Waals surface area contributed by atoms with E-state index in [4.69, 9.17) is 9.29 Å². The predicted octanol–water partition coefficient (Wildman–Crippen LogP) is 1.09. The molecule has 0 rings (SSSR count). The summed E-state index contributed by atoms with van der Waals surface area (Å²) in [5.41, 5.74) is 0. The van der Waals surface area contributed by atoms with Crippen LogP contribution < -0.4 is 0 Å². The number of hydrogen-bond acceptors (Lipinski definition) is 6. The Hall–Kier alpha value is -0.310. The molecule has 0 aromatic rings. The van der Waals surface area contributed by atoms with E-state index in [1.165, 1.54) is 18.7 Å². The van der Waals surface area contributed by atoms with Crippen molar-refractivity contribution in [2.45, 2.75) is 51.1 Å². The van der Waals surface area contributed by atoms with Crippen LogP contribution in [-0.2, 0) is 19.6 Å². The van der Waals surface area contributed by atoms with Gasteiger partial charge in [-0.25, -0.2) is 0 Å². The van der Waals surface area contributed by atoms with Crippen LogP contribution in [0.4, 0.5) is 0 Å². The Morgan fingerprint density at radius 1 is 1.37 bits per heavy atom. The van der Waals surface area contributed by atoms with Gasteiger partial charge in [0.25, 0.3) is 10.1 Å². The van der Waals surface area contributed by atoms with Gasteiger partial charge in [0.2, 0.25) is 0 Å². The molecule has 0 spiro atoms. The van der Waals surface area contributed by atoms with Gasteiger partial charge in [-0.3, -0.25) is 9.35 Å². The van der Waals surface area contributed by atoms with Crippen molar-refractivity contribution in [2.75, 3.05) is 11.5 Å². The van der Waals surface area contributed by atoms with E-state index in [-0.39, 0.29) is 23.8 Å². The van der Waals surface area contributed by atoms with Crippen LogP contribution in [0.2, 0.25) is 0 Å². The Kier molecular flexibility index (Phi) is 8.64. The van der Waals surface area contributed by atoms with Gasteiger partial charge in [-0.15, -0.1) is 0 Å². The van der Waals surface area contributed by atoms with E-state index in [2.05, 4.69) is 0 Å². The largest absolute Gasteiger partial charge is 0.462 e. The summed E-state index contributed by atoms with van der Waals surface area (Å²) in [6.07, 6.45) is -0.681. The molecule has 0 aliphatic rings. The van der Waals surface area contributed by atoms with Crippen molar-refractivity contribution in [1.82, 2.24) is 0 Å². The molecule has 0 aromatic carbocycles. The molecule has 2 N–H and O–H groups in total. The fraction of sp³-hybridized carbons (Fsp3) is 0.909. The molecule has 114 valence electrons. The van der Waals surface area contributed by atoms with Crippen molar-refractivity contribution < 1.29 is 27.6 Å². The number of carbonyl (C=O) groups excluding carboxylic acids is 1. The summed E-state index contributed by atoms with van der Waals surface area (Å²) in [7, 11) is -4.07. The van der Waals surface area contributed by atoms with Crippen LogP contribution in [-0.4, -0.2) is 53.0 Å². The molecular formula is C11H22O6S2. The van der Waals surface area contributed by atoms with E-state index in [0.717, 1.165) is 0 Å². The molecule has 0 radical (unpaired) electrons. The van der Waals surface area contributed by atoms with Gasteiger partial charge in [0, 0.05) is 18.6 Å². The zero-order valence-corrected chi connectivity index (χ0v) is 13.0. The number of aliphatic hydroxyl groups is 1. The smallest absolute Gasteiger partial charge is 0.302 e. The van der Waals surface area contributed by atoms with Crippen molar-refractivity contribution in [2.24, 2.45) is 0 Å². The van der Waals surface area contributed by atoms with Gasteiger partial charge in [-0.1, -0.05) is 6.92 Å². The Bertz CT molecular complexity index is 365. The topological polar surface area (TPSA) is 101 Å². The van der Waals surface area contributed by atoms with Crippen LogP contribution in [0, 0.1) is 0 Å². The van der Waals surface area contributed by atoms with E-state index in [9.17, 15) is 18.3 Å². The number of esters is 1. The summed E-state index contributed by atoms with van der Waals surface area (Å²) in [5.74, 6) is -0.178. The predicted molar refractivity (Wildman–Crippen MR) is 74.8 cm³/mol. The van der Waals surface area contributed by atoms with Gasteiger partial charge in [0.1, 0.15) is 6.10 Å². The van der Waals surface area contributed by atoms with Gasteiger partial charge in [0.05, 0.1) is 11.9 Å². The molecule has 0 fully saturated rings.